The molecule has 0 amide bonds. The summed E-state index contributed by atoms with van der Waals surface area (Å²) in [6.07, 6.45) is 2.64. The second kappa shape index (κ2) is 5.54. The van der Waals surface area contributed by atoms with Crippen LogP contribution in [0.3, 0.4) is 0 Å². The molecule has 0 N–H and O–H groups in total. The van der Waals surface area contributed by atoms with Gasteiger partial charge in [0.1, 0.15) is 6.29 Å². The van der Waals surface area contributed by atoms with E-state index in [4.69, 9.17) is 0 Å². The summed E-state index contributed by atoms with van der Waals surface area (Å²) in [6.45, 7) is 2.12. The number of carbonyl (C=O) groups is 1. The number of rotatable bonds is 5. The summed E-state index contributed by atoms with van der Waals surface area (Å²) >= 11 is 0. The number of anilines is 1. The van der Waals surface area contributed by atoms with Crippen molar-refractivity contribution in [2.45, 2.75) is 25.7 Å². The summed E-state index contributed by atoms with van der Waals surface area (Å²) in [5, 5.41) is 0. The lowest BCUT2D eigenvalue weighted by molar-refractivity contribution is -0.108. The molecular formula is C13H19NO. The Morgan fingerprint density at radius 3 is 2.27 bits per heavy atom. The van der Waals surface area contributed by atoms with E-state index in [1.165, 1.54) is 11.3 Å². The Morgan fingerprint density at radius 1 is 1.27 bits per heavy atom. The van der Waals surface area contributed by atoms with Crippen molar-refractivity contribution in [3.63, 3.8) is 0 Å². The van der Waals surface area contributed by atoms with E-state index >= 15 is 0 Å². The number of hydrogen-bond acceptors (Lipinski definition) is 2. The molecule has 1 rings (SSSR count). The van der Waals surface area contributed by atoms with Gasteiger partial charge in [-0.25, -0.2) is 0 Å². The van der Waals surface area contributed by atoms with Crippen LogP contribution in [-0.2, 0) is 4.79 Å². The molecule has 1 unspecified atom stereocenters. The molecule has 1 atom stereocenters. The molecule has 1 aromatic carbocycles. The van der Waals surface area contributed by atoms with Crippen LogP contribution in [0.25, 0.3) is 0 Å². The summed E-state index contributed by atoms with van der Waals surface area (Å²) in [5.41, 5.74) is 2.45. The standard InChI is InChI=1S/C13H19NO/c1-4-11(9-10-15)12-5-7-13(8-6-12)14(2)3/h5-8,10-11H,4,9H2,1-3H3. The zero-order chi connectivity index (χ0) is 11.3. The van der Waals surface area contributed by atoms with Gasteiger partial charge in [-0.3, -0.25) is 0 Å². The normalized spacial score (nSPS) is 12.2. The van der Waals surface area contributed by atoms with Gasteiger partial charge in [-0.15, -0.1) is 0 Å². The predicted molar refractivity (Wildman–Crippen MR) is 64.5 cm³/mol. The molecule has 0 heterocycles. The molecule has 0 aromatic heterocycles. The van der Waals surface area contributed by atoms with E-state index in [9.17, 15) is 4.79 Å². The van der Waals surface area contributed by atoms with Gasteiger partial charge < -0.3 is 9.69 Å². The highest BCUT2D eigenvalue weighted by atomic mass is 16.1. The van der Waals surface area contributed by atoms with E-state index in [0.717, 1.165) is 12.7 Å². The average Bonchev–Trinajstić information content (AvgIpc) is 2.26. The van der Waals surface area contributed by atoms with Gasteiger partial charge in [-0.1, -0.05) is 19.1 Å². The lowest BCUT2D eigenvalue weighted by atomic mass is 9.94. The zero-order valence-electron chi connectivity index (χ0n) is 9.73. The van der Waals surface area contributed by atoms with Crippen LogP contribution in [0.4, 0.5) is 5.69 Å². The Bertz CT molecular complexity index is 303. The first-order chi connectivity index (χ1) is 7.19. The molecule has 0 fully saturated rings. The van der Waals surface area contributed by atoms with Crippen LogP contribution in [0.15, 0.2) is 24.3 Å². The summed E-state index contributed by atoms with van der Waals surface area (Å²) in [6, 6.07) is 8.44. The van der Waals surface area contributed by atoms with Gasteiger partial charge in [0.05, 0.1) is 0 Å². The molecule has 0 aliphatic heterocycles. The third-order valence-electron chi connectivity index (χ3n) is 2.75. The van der Waals surface area contributed by atoms with Gasteiger partial charge in [0.25, 0.3) is 0 Å². The molecule has 0 aliphatic rings. The molecule has 82 valence electrons. The number of aldehydes is 1. The molecule has 0 radical (unpaired) electrons. The van der Waals surface area contributed by atoms with E-state index in [-0.39, 0.29) is 0 Å². The van der Waals surface area contributed by atoms with Crippen molar-refractivity contribution in [3.05, 3.63) is 29.8 Å². The van der Waals surface area contributed by atoms with E-state index in [2.05, 4.69) is 36.1 Å². The predicted octanol–water partition coefficient (Wildman–Crippen LogP) is 2.84. The molecule has 0 bridgehead atoms. The molecule has 0 saturated heterocycles. The molecule has 0 spiro atoms. The van der Waals surface area contributed by atoms with Crippen LogP contribution in [0, 0.1) is 0 Å². The Balaban J connectivity index is 2.81. The molecule has 2 nitrogen and oxygen atoms in total. The summed E-state index contributed by atoms with van der Waals surface area (Å²) < 4.78 is 0. The number of hydrogen-bond donors (Lipinski definition) is 0. The fourth-order valence-corrected chi connectivity index (χ4v) is 1.70. The molecule has 2 heteroatoms. The Morgan fingerprint density at radius 2 is 1.87 bits per heavy atom. The highest BCUT2D eigenvalue weighted by Crippen LogP contribution is 2.24. The number of nitrogens with zero attached hydrogens (tertiary/aromatic N) is 1. The van der Waals surface area contributed by atoms with Crippen LogP contribution in [-0.4, -0.2) is 20.4 Å². The van der Waals surface area contributed by atoms with E-state index in [1.807, 2.05) is 14.1 Å². The quantitative estimate of drug-likeness (QED) is 0.689. The summed E-state index contributed by atoms with van der Waals surface area (Å²) in [7, 11) is 4.05. The number of carbonyl (C=O) groups excluding carboxylic acids is 1. The Kier molecular flexibility index (Phi) is 4.35. The monoisotopic (exact) mass is 205 g/mol. The van der Waals surface area contributed by atoms with Crippen LogP contribution >= 0.6 is 0 Å². The summed E-state index contributed by atoms with van der Waals surface area (Å²) in [5.74, 6) is 0.374. The first kappa shape index (κ1) is 11.8. The van der Waals surface area contributed by atoms with Gasteiger partial charge >= 0.3 is 0 Å². The SMILES string of the molecule is CCC(CC=O)c1ccc(N(C)C)cc1. The van der Waals surface area contributed by atoms with Gasteiger partial charge in [-0.2, -0.15) is 0 Å². The highest BCUT2D eigenvalue weighted by molar-refractivity contribution is 5.53. The van der Waals surface area contributed by atoms with E-state index < -0.39 is 0 Å². The Labute approximate surface area is 91.9 Å². The minimum absolute atomic E-state index is 0.374. The fraction of sp³-hybridized carbons (Fsp3) is 0.462. The first-order valence-electron chi connectivity index (χ1n) is 5.40. The lowest BCUT2D eigenvalue weighted by Gasteiger charge is -2.16. The molecule has 0 aliphatic carbocycles. The zero-order valence-corrected chi connectivity index (χ0v) is 9.73. The second-order valence-electron chi connectivity index (χ2n) is 3.99. The van der Waals surface area contributed by atoms with Gasteiger partial charge in [-0.05, 0) is 30.0 Å². The van der Waals surface area contributed by atoms with Crippen molar-refractivity contribution in [3.8, 4) is 0 Å². The van der Waals surface area contributed by atoms with Gasteiger partial charge in [0.2, 0.25) is 0 Å². The Hall–Kier alpha value is -1.31. The minimum Gasteiger partial charge on any atom is -0.378 e. The lowest BCUT2D eigenvalue weighted by Crippen LogP contribution is -2.08. The van der Waals surface area contributed by atoms with Crippen molar-refractivity contribution in [2.75, 3.05) is 19.0 Å². The third kappa shape index (κ3) is 3.08. The second-order valence-corrected chi connectivity index (χ2v) is 3.99. The first-order valence-corrected chi connectivity index (χ1v) is 5.40. The smallest absolute Gasteiger partial charge is 0.120 e. The fourth-order valence-electron chi connectivity index (χ4n) is 1.70. The van der Waals surface area contributed by atoms with Crippen molar-refractivity contribution in [1.29, 1.82) is 0 Å². The largest absolute Gasteiger partial charge is 0.378 e. The molecule has 15 heavy (non-hydrogen) atoms. The maximum atomic E-state index is 10.5. The third-order valence-corrected chi connectivity index (χ3v) is 2.75. The maximum Gasteiger partial charge on any atom is 0.120 e. The van der Waals surface area contributed by atoms with Crippen molar-refractivity contribution in [2.24, 2.45) is 0 Å². The van der Waals surface area contributed by atoms with Gasteiger partial charge in [0.15, 0.2) is 0 Å². The minimum atomic E-state index is 0.374. The van der Waals surface area contributed by atoms with Crippen LogP contribution in [0.5, 0.6) is 0 Å². The van der Waals surface area contributed by atoms with Crippen LogP contribution < -0.4 is 4.90 Å². The number of benzene rings is 1. The molecule has 0 saturated carbocycles. The maximum absolute atomic E-state index is 10.5. The topological polar surface area (TPSA) is 20.3 Å². The summed E-state index contributed by atoms with van der Waals surface area (Å²) in [4.78, 5) is 12.6. The van der Waals surface area contributed by atoms with Crippen LogP contribution in [0.1, 0.15) is 31.2 Å². The van der Waals surface area contributed by atoms with Crippen molar-refractivity contribution in [1.82, 2.24) is 0 Å². The average molecular weight is 205 g/mol. The van der Waals surface area contributed by atoms with E-state index in [0.29, 0.717) is 12.3 Å². The van der Waals surface area contributed by atoms with Crippen LogP contribution in [0.2, 0.25) is 0 Å². The van der Waals surface area contributed by atoms with Crippen molar-refractivity contribution >= 4 is 12.0 Å². The molecular weight excluding hydrogens is 186 g/mol. The van der Waals surface area contributed by atoms with Crippen molar-refractivity contribution < 1.29 is 4.79 Å². The van der Waals surface area contributed by atoms with E-state index in [1.54, 1.807) is 0 Å². The highest BCUT2D eigenvalue weighted by Gasteiger charge is 2.08. The molecule has 1 aromatic rings. The van der Waals surface area contributed by atoms with Gasteiger partial charge in [0, 0.05) is 26.2 Å².